The molecule has 3 aromatic heterocycles. The van der Waals surface area contributed by atoms with Gasteiger partial charge in [0.25, 0.3) is 0 Å². The minimum Gasteiger partial charge on any atom is -0.201 e. The van der Waals surface area contributed by atoms with E-state index in [-0.39, 0.29) is 39.3 Å². The SMILES string of the molecule is [2H]C([2H])([2H])c1c[n+](C)c(-c2cc(-c3cccc(C([2H])(C)C)c3)c(C([2H])([2H])[2H])cc2C)cc1C.[2H]C([2H])([2H])c1c[n+](C)c(-c2cc(-c3cccc(C([2H])([2H])C(C)(C)C)c3)c(C([2H])([2H])[2H])cc2C)cc1C.[2H]C([2H])([2H])c1c[n+](C)c(-c2cc(-c3cccc(C([2H])([2H])C(C)C)c3)c(C([2H])([2H])[2H])cc2C)cc1C. The van der Waals surface area contributed by atoms with Gasteiger partial charge < -0.3 is 0 Å². The lowest BCUT2D eigenvalue weighted by molar-refractivity contribution is -0.660. The van der Waals surface area contributed by atoms with E-state index in [1.54, 1.807) is 155 Å². The molecule has 0 atom stereocenters. The normalized spacial score (nSPS) is 17.0. The summed E-state index contributed by atoms with van der Waals surface area (Å²) in [7, 11) is 5.35. The summed E-state index contributed by atoms with van der Waals surface area (Å²) in [5, 5.41) is 0. The zero-order valence-electron chi connectivity index (χ0n) is 73.3. The molecule has 420 valence electrons. The number of hydrogen-bond acceptors (Lipinski definition) is 0. The number of benzene rings is 6. The van der Waals surface area contributed by atoms with Gasteiger partial charge in [0.1, 0.15) is 21.1 Å². The standard InChI is InChI=1S/C27H34N.C26H32N.C25H30N/c1-18-13-26(28(8)17-21(18)4)25-15-24(19(2)12-20(25)3)23-11-9-10-22(14-23)16-27(5,6)7;1-17(2)11-22-9-8-10-23(14-22)24-15-25(20(5)12-19(24)4)26-13-18(3)21(6)16-27(26)7;1-16(2)21-9-8-10-22(13-21)23-14-24(19(5)11-18(23)4)25-12-17(3)20(6)15-26(25)7/h9-15,17H,16H2,1-8H3;8-10,12-17H,11H2,1-7H3;8-16H,1-7H3/q3*+1/i2D3,4D3,16D2;4D3,6D3,11D2;4D3,6D3,16D. The van der Waals surface area contributed by atoms with Crippen molar-refractivity contribution in [2.24, 2.45) is 32.5 Å². The molecule has 0 radical (unpaired) electrons. The first-order valence-electron chi connectivity index (χ1n) is 39.0. The van der Waals surface area contributed by atoms with Crippen LogP contribution < -0.4 is 13.7 Å². The Labute approximate surface area is 522 Å². The Bertz CT molecular complexity index is 4680. The van der Waals surface area contributed by atoms with Crippen LogP contribution in [0.2, 0.25) is 0 Å². The highest BCUT2D eigenvalue weighted by Crippen LogP contribution is 2.36. The van der Waals surface area contributed by atoms with E-state index in [0.29, 0.717) is 55.6 Å². The van der Waals surface area contributed by atoms with Gasteiger partial charge in [-0.1, -0.05) is 139 Å². The maximum atomic E-state index is 8.69. The van der Waals surface area contributed by atoms with Crippen LogP contribution in [0.4, 0.5) is 0 Å². The predicted octanol–water partition coefficient (Wildman–Crippen LogP) is 19.1. The molecule has 3 heterocycles. The van der Waals surface area contributed by atoms with E-state index in [9.17, 15) is 0 Å². The number of hydrogen-bond donors (Lipinski definition) is 0. The van der Waals surface area contributed by atoms with Crippen LogP contribution in [0.25, 0.3) is 67.2 Å². The monoisotopic (exact) mass is 1100 g/mol. The maximum Gasteiger partial charge on any atom is 0.212 e. The average molecular weight is 1100 g/mol. The van der Waals surface area contributed by atoms with E-state index in [1.165, 1.54) is 0 Å². The Morgan fingerprint density at radius 2 is 0.741 bits per heavy atom. The molecule has 9 aromatic rings. The maximum absolute atomic E-state index is 8.69. The molecule has 3 nitrogen and oxygen atoms in total. The molecule has 6 aromatic carbocycles. The van der Waals surface area contributed by atoms with Gasteiger partial charge in [0.2, 0.25) is 17.1 Å². The summed E-state index contributed by atoms with van der Waals surface area (Å²) < 4.78 is 192. The Balaban J connectivity index is 0.000000218. The largest absolute Gasteiger partial charge is 0.212 e. The summed E-state index contributed by atoms with van der Waals surface area (Å²) in [6, 6.07) is 37.5. The fourth-order valence-corrected chi connectivity index (χ4v) is 10.0. The average Bonchev–Trinajstić information content (AvgIpc) is 0.766. The number of aryl methyl sites for hydroxylation is 15. The van der Waals surface area contributed by atoms with E-state index in [1.807, 2.05) is 116 Å². The second kappa shape index (κ2) is 25.7. The predicted molar refractivity (Wildman–Crippen MR) is 348 cm³/mol. The summed E-state index contributed by atoms with van der Waals surface area (Å²) in [5.74, 6) is -1.08. The lowest BCUT2D eigenvalue weighted by Crippen LogP contribution is -2.31. The van der Waals surface area contributed by atoms with E-state index in [2.05, 4.69) is 0 Å². The molecule has 0 aliphatic heterocycles. The number of nitrogens with zero attached hydrogens (tertiary/aromatic N) is 3. The number of aromatic nitrogens is 3. The lowest BCUT2D eigenvalue weighted by atomic mass is 9.86. The summed E-state index contributed by atoms with van der Waals surface area (Å²) in [6.45, 7) is 9.85. The van der Waals surface area contributed by atoms with Gasteiger partial charge in [-0.25, -0.2) is 13.7 Å². The highest BCUT2D eigenvalue weighted by molar-refractivity contribution is 5.79. The summed E-state index contributed by atoms with van der Waals surface area (Å²) in [6.07, 6.45) is 1.63. The van der Waals surface area contributed by atoms with Gasteiger partial charge in [-0.2, -0.15) is 0 Å². The van der Waals surface area contributed by atoms with Crippen LogP contribution >= 0.6 is 0 Å². The molecule has 0 N–H and O–H groups in total. The minimum absolute atomic E-state index is 0.190. The molecule has 0 amide bonds. The molecular weight excluding hydrogens is 979 g/mol. The van der Waals surface area contributed by atoms with Crippen molar-refractivity contribution in [2.45, 2.75) is 150 Å². The van der Waals surface area contributed by atoms with Crippen LogP contribution in [0.1, 0.15) is 169 Å². The van der Waals surface area contributed by atoms with Crippen molar-refractivity contribution in [3.05, 3.63) is 229 Å². The molecule has 0 saturated carbocycles. The van der Waals surface area contributed by atoms with Gasteiger partial charge in [0.05, 0.1) is 0 Å². The first kappa shape index (κ1) is 37.0. The third-order valence-corrected chi connectivity index (χ3v) is 14.4. The van der Waals surface area contributed by atoms with Crippen LogP contribution in [-0.4, -0.2) is 0 Å². The van der Waals surface area contributed by atoms with Crippen molar-refractivity contribution in [1.82, 2.24) is 0 Å². The van der Waals surface area contributed by atoms with Crippen LogP contribution in [0.3, 0.4) is 0 Å². The highest BCUT2D eigenvalue weighted by atomic mass is 14.9. The second-order valence-electron chi connectivity index (χ2n) is 23.2. The van der Waals surface area contributed by atoms with Gasteiger partial charge in [-0.3, -0.25) is 0 Å². The van der Waals surface area contributed by atoms with Crippen molar-refractivity contribution in [3.63, 3.8) is 0 Å². The van der Waals surface area contributed by atoms with E-state index in [4.69, 9.17) is 31.5 Å². The van der Waals surface area contributed by atoms with Gasteiger partial charge >= 0.3 is 0 Å². The van der Waals surface area contributed by atoms with Gasteiger partial charge in [0, 0.05) is 83.1 Å². The Hall–Kier alpha value is -7.23. The quantitative estimate of drug-likeness (QED) is 0.121. The van der Waals surface area contributed by atoms with E-state index in [0.717, 1.165) is 61.6 Å². The summed E-state index contributed by atoms with van der Waals surface area (Å²) >= 11 is 0. The third kappa shape index (κ3) is 15.0. The van der Waals surface area contributed by atoms with Crippen molar-refractivity contribution < 1.29 is 45.2 Å². The molecule has 0 aliphatic carbocycles. The molecule has 0 unspecified atom stereocenters. The molecule has 0 saturated heterocycles. The zero-order chi connectivity index (χ0) is 78.9. The first-order chi connectivity index (χ1) is 47.2. The molecule has 9 rings (SSSR count). The van der Waals surface area contributed by atoms with Gasteiger partial charge in [-0.15, -0.1) is 0 Å². The van der Waals surface area contributed by atoms with Crippen molar-refractivity contribution in [1.29, 1.82) is 0 Å². The van der Waals surface area contributed by atoms with Gasteiger partial charge in [-0.05, 0) is 231 Å². The Morgan fingerprint density at radius 1 is 0.395 bits per heavy atom. The van der Waals surface area contributed by atoms with E-state index < -0.39 is 65.2 Å². The van der Waals surface area contributed by atoms with Crippen molar-refractivity contribution in [2.75, 3.05) is 0 Å². The molecule has 0 aliphatic rings. The highest BCUT2D eigenvalue weighted by Gasteiger charge is 2.21. The van der Waals surface area contributed by atoms with Gasteiger partial charge in [0.15, 0.2) is 18.6 Å². The van der Waals surface area contributed by atoms with Crippen molar-refractivity contribution >= 4 is 0 Å². The number of pyridine rings is 3. The molecular formula is C78H96N3+3. The minimum atomic E-state index is -2.37. The fourth-order valence-electron chi connectivity index (χ4n) is 10.0. The molecule has 0 spiro atoms. The topological polar surface area (TPSA) is 11.6 Å². The fraction of sp³-hybridized carbons (Fsp3) is 0.346. The van der Waals surface area contributed by atoms with E-state index >= 15 is 0 Å². The Kier molecular flexibility index (Phi) is 11.7. The number of rotatable bonds is 10. The molecule has 0 fully saturated rings. The summed E-state index contributed by atoms with van der Waals surface area (Å²) in [4.78, 5) is 0. The Morgan fingerprint density at radius 3 is 1.09 bits per heavy atom. The second-order valence-corrected chi connectivity index (χ2v) is 23.2. The molecule has 3 heteroatoms. The molecule has 81 heavy (non-hydrogen) atoms. The first-order valence-corrected chi connectivity index (χ1v) is 27.5. The van der Waals surface area contributed by atoms with Crippen LogP contribution in [0.5, 0.6) is 0 Å². The zero-order valence-corrected chi connectivity index (χ0v) is 50.3. The van der Waals surface area contributed by atoms with Crippen molar-refractivity contribution in [3.8, 4) is 67.2 Å². The van der Waals surface area contributed by atoms with Crippen LogP contribution in [0, 0.1) is 94.0 Å². The van der Waals surface area contributed by atoms with Crippen LogP contribution in [0.15, 0.2) is 146 Å². The third-order valence-electron chi connectivity index (χ3n) is 14.4. The van der Waals surface area contributed by atoms with Crippen LogP contribution in [-0.2, 0) is 33.9 Å². The smallest absolute Gasteiger partial charge is 0.201 e. The summed E-state index contributed by atoms with van der Waals surface area (Å²) in [5.41, 5.74) is 15.1. The molecule has 0 bridgehead atoms. The lowest BCUT2D eigenvalue weighted by Gasteiger charge is -2.19.